The van der Waals surface area contributed by atoms with E-state index in [0.717, 1.165) is 38.9 Å². The minimum absolute atomic E-state index is 0.809. The second-order valence-electron chi connectivity index (χ2n) is 4.52. The third-order valence-electron chi connectivity index (χ3n) is 3.40. The molecule has 0 saturated carbocycles. The molecule has 4 nitrogen and oxygen atoms in total. The second-order valence-corrected chi connectivity index (χ2v) is 4.52. The summed E-state index contributed by atoms with van der Waals surface area (Å²) in [5.41, 5.74) is 0. The molecule has 2 saturated heterocycles. The maximum atomic E-state index is 5.36. The Morgan fingerprint density at radius 1 is 1.27 bits per heavy atom. The van der Waals surface area contributed by atoms with E-state index in [0.29, 0.717) is 0 Å². The van der Waals surface area contributed by atoms with Crippen LogP contribution in [-0.4, -0.2) is 75.4 Å². The fourth-order valence-electron chi connectivity index (χ4n) is 2.38. The monoisotopic (exact) mass is 213 g/mol. The van der Waals surface area contributed by atoms with Crippen LogP contribution in [0.1, 0.15) is 6.42 Å². The summed E-state index contributed by atoms with van der Waals surface area (Å²) in [5, 5.41) is 3.19. The normalized spacial score (nSPS) is 25.4. The summed E-state index contributed by atoms with van der Waals surface area (Å²) >= 11 is 0. The molecular formula is C11H23N3O. The molecule has 0 unspecified atom stereocenters. The first-order chi connectivity index (χ1) is 7.40. The molecule has 0 atom stereocenters. The van der Waals surface area contributed by atoms with E-state index in [1.54, 1.807) is 0 Å². The molecule has 0 spiro atoms. The summed E-state index contributed by atoms with van der Waals surface area (Å²) in [6, 6.07) is 0.809. The Morgan fingerprint density at radius 2 is 2.00 bits per heavy atom. The van der Waals surface area contributed by atoms with Crippen LogP contribution in [0.25, 0.3) is 0 Å². The van der Waals surface area contributed by atoms with Gasteiger partial charge in [0.05, 0.1) is 13.2 Å². The largest absolute Gasteiger partial charge is 0.379 e. The highest BCUT2D eigenvalue weighted by Crippen LogP contribution is 2.16. The van der Waals surface area contributed by atoms with Crippen LogP contribution in [-0.2, 0) is 4.74 Å². The molecule has 0 aliphatic carbocycles. The molecule has 0 aromatic carbocycles. The summed E-state index contributed by atoms with van der Waals surface area (Å²) in [7, 11) is 2.02. The number of hydrogen-bond donors (Lipinski definition) is 1. The van der Waals surface area contributed by atoms with Crippen molar-refractivity contribution in [1.29, 1.82) is 0 Å². The van der Waals surface area contributed by atoms with E-state index in [2.05, 4.69) is 15.1 Å². The van der Waals surface area contributed by atoms with Gasteiger partial charge in [0.15, 0.2) is 0 Å². The van der Waals surface area contributed by atoms with Gasteiger partial charge in [-0.2, -0.15) is 0 Å². The third kappa shape index (κ3) is 3.14. The molecule has 0 amide bonds. The lowest BCUT2D eigenvalue weighted by Crippen LogP contribution is -2.61. The van der Waals surface area contributed by atoms with Crippen molar-refractivity contribution in [1.82, 2.24) is 15.1 Å². The SMILES string of the molecule is CNCCCN1CC(N2CCOCC2)C1. The zero-order valence-corrected chi connectivity index (χ0v) is 9.74. The van der Waals surface area contributed by atoms with Gasteiger partial charge in [0.2, 0.25) is 0 Å². The number of ether oxygens (including phenoxy) is 1. The van der Waals surface area contributed by atoms with Crippen LogP contribution in [0.5, 0.6) is 0 Å². The van der Waals surface area contributed by atoms with Gasteiger partial charge in [-0.15, -0.1) is 0 Å². The highest BCUT2D eigenvalue weighted by atomic mass is 16.5. The number of likely N-dealkylation sites (tertiary alicyclic amines) is 1. The van der Waals surface area contributed by atoms with Crippen molar-refractivity contribution in [2.45, 2.75) is 12.5 Å². The van der Waals surface area contributed by atoms with Crippen molar-refractivity contribution in [3.63, 3.8) is 0 Å². The van der Waals surface area contributed by atoms with E-state index in [1.165, 1.54) is 26.1 Å². The van der Waals surface area contributed by atoms with Gasteiger partial charge in [0.1, 0.15) is 0 Å². The second kappa shape index (κ2) is 5.80. The van der Waals surface area contributed by atoms with Crippen LogP contribution in [0.3, 0.4) is 0 Å². The van der Waals surface area contributed by atoms with Crippen molar-refractivity contribution in [2.75, 3.05) is 59.5 Å². The van der Waals surface area contributed by atoms with Gasteiger partial charge in [0, 0.05) is 32.2 Å². The lowest BCUT2D eigenvalue weighted by atomic mass is 10.1. The molecule has 2 aliphatic heterocycles. The molecule has 0 aromatic heterocycles. The Balaban J connectivity index is 1.56. The smallest absolute Gasteiger partial charge is 0.0594 e. The molecular weight excluding hydrogens is 190 g/mol. The first-order valence-electron chi connectivity index (χ1n) is 6.09. The highest BCUT2D eigenvalue weighted by Gasteiger charge is 2.31. The predicted molar refractivity (Wildman–Crippen MR) is 61.2 cm³/mol. The maximum absolute atomic E-state index is 5.36. The van der Waals surface area contributed by atoms with E-state index < -0.39 is 0 Å². The van der Waals surface area contributed by atoms with Gasteiger partial charge in [-0.3, -0.25) is 4.90 Å². The predicted octanol–water partition coefficient (Wildman–Crippen LogP) is -0.388. The van der Waals surface area contributed by atoms with Gasteiger partial charge in [-0.25, -0.2) is 0 Å². The Morgan fingerprint density at radius 3 is 2.67 bits per heavy atom. The van der Waals surface area contributed by atoms with Gasteiger partial charge in [0.25, 0.3) is 0 Å². The van der Waals surface area contributed by atoms with Crippen molar-refractivity contribution in [3.05, 3.63) is 0 Å². The van der Waals surface area contributed by atoms with Crippen LogP contribution in [0.2, 0.25) is 0 Å². The van der Waals surface area contributed by atoms with Crippen LogP contribution in [0.4, 0.5) is 0 Å². The molecule has 2 rings (SSSR count). The van der Waals surface area contributed by atoms with Crippen LogP contribution >= 0.6 is 0 Å². The molecule has 4 heteroatoms. The van der Waals surface area contributed by atoms with Crippen LogP contribution < -0.4 is 5.32 Å². The van der Waals surface area contributed by atoms with Crippen LogP contribution in [0.15, 0.2) is 0 Å². The zero-order valence-electron chi connectivity index (χ0n) is 9.74. The van der Waals surface area contributed by atoms with Crippen molar-refractivity contribution < 1.29 is 4.74 Å². The lowest BCUT2D eigenvalue weighted by Gasteiger charge is -2.46. The van der Waals surface area contributed by atoms with E-state index in [-0.39, 0.29) is 0 Å². The summed E-state index contributed by atoms with van der Waals surface area (Å²) in [6.07, 6.45) is 1.27. The summed E-state index contributed by atoms with van der Waals surface area (Å²) in [5.74, 6) is 0. The van der Waals surface area contributed by atoms with Crippen molar-refractivity contribution in [2.24, 2.45) is 0 Å². The van der Waals surface area contributed by atoms with E-state index in [4.69, 9.17) is 4.74 Å². The number of hydrogen-bond acceptors (Lipinski definition) is 4. The maximum Gasteiger partial charge on any atom is 0.0594 e. The van der Waals surface area contributed by atoms with E-state index in [9.17, 15) is 0 Å². The molecule has 1 N–H and O–H groups in total. The number of rotatable bonds is 5. The van der Waals surface area contributed by atoms with Crippen molar-refractivity contribution >= 4 is 0 Å². The van der Waals surface area contributed by atoms with Crippen LogP contribution in [0, 0.1) is 0 Å². The Hall–Kier alpha value is -0.160. The average molecular weight is 213 g/mol. The minimum Gasteiger partial charge on any atom is -0.379 e. The first kappa shape index (κ1) is 11.3. The minimum atomic E-state index is 0.809. The molecule has 0 radical (unpaired) electrons. The lowest BCUT2D eigenvalue weighted by molar-refractivity contribution is -0.0320. The third-order valence-corrected chi connectivity index (χ3v) is 3.40. The Labute approximate surface area is 92.6 Å². The molecule has 2 fully saturated rings. The zero-order chi connectivity index (χ0) is 10.5. The fourth-order valence-corrected chi connectivity index (χ4v) is 2.38. The standard InChI is InChI=1S/C11H23N3O/c1-12-3-2-4-13-9-11(10-13)14-5-7-15-8-6-14/h11-12H,2-10H2,1H3. The fraction of sp³-hybridized carbons (Fsp3) is 1.00. The van der Waals surface area contributed by atoms with Gasteiger partial charge in [-0.1, -0.05) is 0 Å². The van der Waals surface area contributed by atoms with Crippen molar-refractivity contribution in [3.8, 4) is 0 Å². The average Bonchev–Trinajstić information content (AvgIpc) is 2.23. The number of nitrogens with zero attached hydrogens (tertiary/aromatic N) is 2. The molecule has 2 aliphatic rings. The summed E-state index contributed by atoms with van der Waals surface area (Å²) < 4.78 is 5.36. The topological polar surface area (TPSA) is 27.7 Å². The van der Waals surface area contributed by atoms with Gasteiger partial charge < -0.3 is 15.0 Å². The molecule has 0 aromatic rings. The Bertz CT molecular complexity index is 177. The Kier molecular flexibility index (Phi) is 4.38. The molecule has 0 bridgehead atoms. The summed E-state index contributed by atoms with van der Waals surface area (Å²) in [4.78, 5) is 5.13. The summed E-state index contributed by atoms with van der Waals surface area (Å²) in [6.45, 7) is 9.05. The molecule has 15 heavy (non-hydrogen) atoms. The first-order valence-corrected chi connectivity index (χ1v) is 6.09. The van der Waals surface area contributed by atoms with Gasteiger partial charge >= 0.3 is 0 Å². The number of nitrogens with one attached hydrogen (secondary N) is 1. The van der Waals surface area contributed by atoms with E-state index in [1.807, 2.05) is 7.05 Å². The van der Waals surface area contributed by atoms with Gasteiger partial charge in [-0.05, 0) is 26.6 Å². The van der Waals surface area contributed by atoms with E-state index >= 15 is 0 Å². The molecule has 88 valence electrons. The highest BCUT2D eigenvalue weighted by molar-refractivity contribution is 4.88. The molecule has 2 heterocycles. The number of morpholine rings is 1. The quantitative estimate of drug-likeness (QED) is 0.630.